The zero-order valence-electron chi connectivity index (χ0n) is 34.1. The maximum atomic E-state index is 6.54. The molecule has 0 bridgehead atoms. The second-order valence-corrected chi connectivity index (χ2v) is 16.4. The van der Waals surface area contributed by atoms with Crippen LogP contribution in [0.2, 0.25) is 0 Å². The first-order chi connectivity index (χ1) is 31.2. The smallest absolute Gasteiger partial charge is 0.159 e. The molecule has 3 aromatic heterocycles. The molecule has 63 heavy (non-hydrogen) atoms. The number of rotatable bonds is 6. The van der Waals surface area contributed by atoms with Gasteiger partial charge in [0, 0.05) is 32.3 Å². The summed E-state index contributed by atoms with van der Waals surface area (Å²) >= 11 is 0. The molecule has 0 radical (unpaired) electrons. The van der Waals surface area contributed by atoms with Crippen LogP contribution in [-0.2, 0) is 0 Å². The van der Waals surface area contributed by atoms with Gasteiger partial charge in [-0.05, 0) is 122 Å². The Bertz CT molecular complexity index is 3830. The maximum absolute atomic E-state index is 6.54. The summed E-state index contributed by atoms with van der Waals surface area (Å²) in [4.78, 5) is 0. The first-order valence-electron chi connectivity index (χ1n) is 21.5. The summed E-state index contributed by atoms with van der Waals surface area (Å²) in [5.74, 6) is 0. The number of fused-ring (bicyclic) bond motifs is 9. The average Bonchev–Trinajstić information content (AvgIpc) is 4.04. The third-order valence-corrected chi connectivity index (χ3v) is 12.8. The molecule has 0 saturated heterocycles. The molecule has 0 unspecified atom stereocenters. The Labute approximate surface area is 363 Å². The van der Waals surface area contributed by atoms with Crippen LogP contribution < -0.4 is 0 Å². The molecule has 0 spiro atoms. The molecule has 0 N–H and O–H groups in total. The Morgan fingerprint density at radius 2 is 0.794 bits per heavy atom. The van der Waals surface area contributed by atoms with Gasteiger partial charge >= 0.3 is 0 Å². The topological polar surface area (TPSA) is 31.2 Å². The van der Waals surface area contributed by atoms with Crippen LogP contribution in [0, 0.1) is 0 Å². The van der Waals surface area contributed by atoms with E-state index in [4.69, 9.17) is 8.83 Å². The van der Waals surface area contributed by atoms with E-state index in [9.17, 15) is 0 Å². The standard InChI is InChI=1S/C60H37NO2/c1-3-13-38(14-4-1)44-33-45(39-15-5-2-6-16-39)35-46(34-44)40-25-27-41(28-26-40)47-19-12-24-58-59(47)52-37-43(30-32-57(52)62-58)42-29-31-54-51(36-42)48-17-7-9-21-53(48)61(54)55-22-11-20-50-49-18-8-10-23-56(49)63-60(50)55/h1-37H. The molecular weight excluding hydrogens is 767 g/mol. The average molecular weight is 804 g/mol. The van der Waals surface area contributed by atoms with Crippen LogP contribution in [0.25, 0.3) is 127 Å². The van der Waals surface area contributed by atoms with Crippen molar-refractivity contribution in [2.75, 3.05) is 0 Å². The molecule has 13 aromatic rings. The maximum Gasteiger partial charge on any atom is 0.159 e. The van der Waals surface area contributed by atoms with Crippen LogP contribution in [0.5, 0.6) is 0 Å². The van der Waals surface area contributed by atoms with Crippen molar-refractivity contribution in [3.63, 3.8) is 0 Å². The lowest BCUT2D eigenvalue weighted by Gasteiger charge is -2.12. The number of hydrogen-bond acceptors (Lipinski definition) is 2. The van der Waals surface area contributed by atoms with E-state index in [1.807, 2.05) is 12.1 Å². The van der Waals surface area contributed by atoms with E-state index < -0.39 is 0 Å². The van der Waals surface area contributed by atoms with Crippen molar-refractivity contribution in [1.29, 1.82) is 0 Å². The zero-order chi connectivity index (χ0) is 41.4. The van der Waals surface area contributed by atoms with Gasteiger partial charge in [-0.15, -0.1) is 0 Å². The van der Waals surface area contributed by atoms with E-state index >= 15 is 0 Å². The molecule has 0 aliphatic rings. The number of nitrogens with zero attached hydrogens (tertiary/aromatic N) is 1. The minimum absolute atomic E-state index is 0.876. The van der Waals surface area contributed by atoms with E-state index in [2.05, 4.69) is 217 Å². The van der Waals surface area contributed by atoms with Gasteiger partial charge in [-0.2, -0.15) is 0 Å². The number of hydrogen-bond donors (Lipinski definition) is 0. The molecule has 0 amide bonds. The first-order valence-corrected chi connectivity index (χ1v) is 21.5. The monoisotopic (exact) mass is 803 g/mol. The number of para-hydroxylation sites is 3. The molecule has 3 heterocycles. The lowest BCUT2D eigenvalue weighted by atomic mass is 9.92. The summed E-state index contributed by atoms with van der Waals surface area (Å²) in [6.07, 6.45) is 0. The predicted octanol–water partition coefficient (Wildman–Crippen LogP) is 16.9. The molecular formula is C60H37NO2. The molecule has 294 valence electrons. The summed E-state index contributed by atoms with van der Waals surface area (Å²) < 4.78 is 15.4. The minimum atomic E-state index is 0.876. The Morgan fingerprint density at radius 3 is 1.54 bits per heavy atom. The Hall–Kier alpha value is -8.40. The van der Waals surface area contributed by atoms with E-state index in [1.165, 1.54) is 44.2 Å². The van der Waals surface area contributed by atoms with Gasteiger partial charge in [0.1, 0.15) is 16.7 Å². The number of aromatic nitrogens is 1. The van der Waals surface area contributed by atoms with E-state index in [-0.39, 0.29) is 0 Å². The fourth-order valence-corrected chi connectivity index (χ4v) is 9.80. The van der Waals surface area contributed by atoms with Gasteiger partial charge in [0.15, 0.2) is 5.58 Å². The fourth-order valence-electron chi connectivity index (χ4n) is 9.80. The van der Waals surface area contributed by atoms with Crippen LogP contribution in [0.1, 0.15) is 0 Å². The van der Waals surface area contributed by atoms with Crippen molar-refractivity contribution in [2.24, 2.45) is 0 Å². The summed E-state index contributed by atoms with van der Waals surface area (Å²) in [6.45, 7) is 0. The van der Waals surface area contributed by atoms with Crippen LogP contribution >= 0.6 is 0 Å². The lowest BCUT2D eigenvalue weighted by molar-refractivity contribution is 0.666. The van der Waals surface area contributed by atoms with E-state index in [0.717, 1.165) is 82.9 Å². The molecule has 3 nitrogen and oxygen atoms in total. The van der Waals surface area contributed by atoms with Crippen molar-refractivity contribution in [1.82, 2.24) is 4.57 Å². The predicted molar refractivity (Wildman–Crippen MR) is 263 cm³/mol. The first kappa shape index (κ1) is 35.4. The third-order valence-electron chi connectivity index (χ3n) is 12.8. The molecule has 3 heteroatoms. The van der Waals surface area contributed by atoms with Gasteiger partial charge in [-0.25, -0.2) is 0 Å². The van der Waals surface area contributed by atoms with E-state index in [0.29, 0.717) is 0 Å². The van der Waals surface area contributed by atoms with Crippen molar-refractivity contribution in [2.45, 2.75) is 0 Å². The van der Waals surface area contributed by atoms with Gasteiger partial charge < -0.3 is 13.4 Å². The molecule has 0 aliphatic heterocycles. The Balaban J connectivity index is 0.907. The highest BCUT2D eigenvalue weighted by atomic mass is 16.3. The Morgan fingerprint density at radius 1 is 0.270 bits per heavy atom. The molecule has 10 aromatic carbocycles. The highest BCUT2D eigenvalue weighted by Gasteiger charge is 2.19. The largest absolute Gasteiger partial charge is 0.456 e. The van der Waals surface area contributed by atoms with Crippen LogP contribution in [0.15, 0.2) is 233 Å². The third kappa shape index (κ3) is 5.75. The molecule has 0 atom stereocenters. The van der Waals surface area contributed by atoms with Crippen LogP contribution in [0.4, 0.5) is 0 Å². The SMILES string of the molecule is c1ccc(-c2cc(-c3ccccc3)cc(-c3ccc(-c4cccc5oc6ccc(-c7ccc8c(c7)c7ccccc7n8-c7cccc8c7oc7ccccc78)cc6c45)cc3)c2)cc1. The minimum Gasteiger partial charge on any atom is -0.456 e. The zero-order valence-corrected chi connectivity index (χ0v) is 34.1. The van der Waals surface area contributed by atoms with Gasteiger partial charge in [0.25, 0.3) is 0 Å². The van der Waals surface area contributed by atoms with Crippen LogP contribution in [0.3, 0.4) is 0 Å². The van der Waals surface area contributed by atoms with Gasteiger partial charge in [-0.1, -0.05) is 158 Å². The summed E-state index contributed by atoms with van der Waals surface area (Å²) in [7, 11) is 0. The normalized spacial score (nSPS) is 11.8. The second-order valence-electron chi connectivity index (χ2n) is 16.4. The summed E-state index contributed by atoms with van der Waals surface area (Å²) in [5.41, 5.74) is 18.6. The van der Waals surface area contributed by atoms with Gasteiger partial charge in [-0.3, -0.25) is 0 Å². The number of benzene rings is 10. The summed E-state index contributed by atoms with van der Waals surface area (Å²) in [5, 5.41) is 6.86. The highest BCUT2D eigenvalue weighted by molar-refractivity contribution is 6.15. The lowest BCUT2D eigenvalue weighted by Crippen LogP contribution is -1.94. The fraction of sp³-hybridized carbons (Fsp3) is 0. The van der Waals surface area contributed by atoms with Crippen molar-refractivity contribution < 1.29 is 8.83 Å². The van der Waals surface area contributed by atoms with Gasteiger partial charge in [0.2, 0.25) is 0 Å². The molecule has 0 aliphatic carbocycles. The van der Waals surface area contributed by atoms with Crippen LogP contribution in [-0.4, -0.2) is 4.57 Å². The highest BCUT2D eigenvalue weighted by Crippen LogP contribution is 2.42. The van der Waals surface area contributed by atoms with Gasteiger partial charge in [0.05, 0.1) is 16.7 Å². The van der Waals surface area contributed by atoms with Crippen molar-refractivity contribution in [3.8, 4) is 61.3 Å². The van der Waals surface area contributed by atoms with Crippen molar-refractivity contribution >= 4 is 65.7 Å². The molecule has 0 saturated carbocycles. The summed E-state index contributed by atoms with van der Waals surface area (Å²) in [6, 6.07) is 80.4. The van der Waals surface area contributed by atoms with E-state index in [1.54, 1.807) is 0 Å². The molecule has 13 rings (SSSR count). The number of furan rings is 2. The second kappa shape index (κ2) is 14.1. The Kier molecular flexibility index (Phi) is 7.91. The molecule has 0 fully saturated rings. The quantitative estimate of drug-likeness (QED) is 0.168. The van der Waals surface area contributed by atoms with Crippen molar-refractivity contribution in [3.05, 3.63) is 224 Å².